The molecule has 104 valence electrons. The van der Waals surface area contributed by atoms with Gasteiger partial charge in [0.05, 0.1) is 5.69 Å². The Balaban J connectivity index is 2.29. The van der Waals surface area contributed by atoms with Crippen LogP contribution in [0.25, 0.3) is 0 Å². The molecule has 4 nitrogen and oxygen atoms in total. The molecule has 1 N–H and O–H groups in total. The molecule has 0 saturated heterocycles. The lowest BCUT2D eigenvalue weighted by Gasteiger charge is -2.28. The van der Waals surface area contributed by atoms with E-state index >= 15 is 0 Å². The van der Waals surface area contributed by atoms with Crippen LogP contribution in [0, 0.1) is 0 Å². The third-order valence-corrected chi connectivity index (χ3v) is 3.61. The van der Waals surface area contributed by atoms with Crippen LogP contribution in [0.15, 0.2) is 67.4 Å². The number of nitrogens with zero attached hydrogens (tertiary/aromatic N) is 3. The van der Waals surface area contributed by atoms with Gasteiger partial charge < -0.3 is 5.11 Å². The average Bonchev–Trinajstić information content (AvgIpc) is 2.56. The van der Waals surface area contributed by atoms with E-state index in [1.807, 2.05) is 18.2 Å². The highest BCUT2D eigenvalue weighted by Crippen LogP contribution is 2.38. The van der Waals surface area contributed by atoms with E-state index in [1.54, 1.807) is 42.9 Å². The summed E-state index contributed by atoms with van der Waals surface area (Å²) in [4.78, 5) is 12.3. The molecule has 2 aromatic heterocycles. The summed E-state index contributed by atoms with van der Waals surface area (Å²) in [5.41, 5.74) is 0.0193. The molecule has 0 saturated carbocycles. The summed E-state index contributed by atoms with van der Waals surface area (Å²) in [6.07, 6.45) is 6.16. The van der Waals surface area contributed by atoms with Gasteiger partial charge in [-0.05, 0) is 18.2 Å². The number of aliphatic hydroxyl groups is 1. The van der Waals surface area contributed by atoms with Gasteiger partial charge >= 0.3 is 0 Å². The first-order chi connectivity index (χ1) is 10.2. The van der Waals surface area contributed by atoms with Crippen LogP contribution in [0.3, 0.4) is 0 Å². The quantitative estimate of drug-likeness (QED) is 0.807. The molecule has 2 heterocycles. The highest BCUT2D eigenvalue weighted by Gasteiger charge is 2.37. The van der Waals surface area contributed by atoms with Crippen molar-refractivity contribution in [1.29, 1.82) is 0 Å². The minimum Gasteiger partial charge on any atom is -0.374 e. The molecule has 0 bridgehead atoms. The van der Waals surface area contributed by atoms with E-state index in [0.717, 1.165) is 0 Å². The number of benzene rings is 1. The van der Waals surface area contributed by atoms with Gasteiger partial charge in [-0.25, -0.2) is 9.97 Å². The molecule has 0 fully saturated rings. The molecule has 3 aromatic rings. The Bertz CT molecular complexity index is 695. The number of halogens is 1. The molecular formula is C16H12ClN3O. The number of hydrogen-bond acceptors (Lipinski definition) is 4. The lowest BCUT2D eigenvalue weighted by atomic mass is 9.84. The lowest BCUT2D eigenvalue weighted by Crippen LogP contribution is -2.30. The van der Waals surface area contributed by atoms with Crippen LogP contribution in [0.4, 0.5) is 0 Å². The first-order valence-electron chi connectivity index (χ1n) is 6.37. The smallest absolute Gasteiger partial charge is 0.161 e. The highest BCUT2D eigenvalue weighted by atomic mass is 35.5. The molecule has 0 aliphatic heterocycles. The van der Waals surface area contributed by atoms with E-state index in [0.29, 0.717) is 21.8 Å². The summed E-state index contributed by atoms with van der Waals surface area (Å²) in [6, 6.07) is 12.5. The van der Waals surface area contributed by atoms with Crippen LogP contribution in [0.2, 0.25) is 5.02 Å². The molecule has 1 aromatic carbocycles. The van der Waals surface area contributed by atoms with E-state index in [2.05, 4.69) is 15.0 Å². The Kier molecular flexibility index (Phi) is 3.64. The van der Waals surface area contributed by atoms with Crippen molar-refractivity contribution in [3.63, 3.8) is 0 Å². The zero-order valence-corrected chi connectivity index (χ0v) is 11.8. The second-order valence-electron chi connectivity index (χ2n) is 4.53. The Morgan fingerprint density at radius 3 is 2.33 bits per heavy atom. The summed E-state index contributed by atoms with van der Waals surface area (Å²) in [5, 5.41) is 11.8. The molecule has 1 unspecified atom stereocenters. The SMILES string of the molecule is OC(c1cncnc1)(c1ccccn1)c1ccccc1Cl. The first-order valence-corrected chi connectivity index (χ1v) is 6.75. The van der Waals surface area contributed by atoms with Gasteiger partial charge in [0, 0.05) is 34.7 Å². The minimum absolute atomic E-state index is 0.453. The maximum atomic E-state index is 11.4. The fourth-order valence-corrected chi connectivity index (χ4v) is 2.53. The molecule has 0 radical (unpaired) electrons. The molecule has 1 atom stereocenters. The molecule has 0 aliphatic carbocycles. The lowest BCUT2D eigenvalue weighted by molar-refractivity contribution is 0.120. The third-order valence-electron chi connectivity index (χ3n) is 3.28. The van der Waals surface area contributed by atoms with E-state index in [-0.39, 0.29) is 0 Å². The number of hydrogen-bond donors (Lipinski definition) is 1. The highest BCUT2D eigenvalue weighted by molar-refractivity contribution is 6.31. The van der Waals surface area contributed by atoms with Crippen molar-refractivity contribution in [3.8, 4) is 0 Å². The normalized spacial score (nSPS) is 13.6. The van der Waals surface area contributed by atoms with Crippen molar-refractivity contribution in [2.24, 2.45) is 0 Å². The standard InChI is InChI=1S/C16H12ClN3O/c17-14-6-2-1-5-13(14)16(21,12-9-18-11-19-10-12)15-7-3-4-8-20-15/h1-11,21H. The van der Waals surface area contributed by atoms with Crippen molar-refractivity contribution in [1.82, 2.24) is 15.0 Å². The van der Waals surface area contributed by atoms with Crippen molar-refractivity contribution >= 4 is 11.6 Å². The average molecular weight is 298 g/mol. The van der Waals surface area contributed by atoms with Crippen LogP contribution in [0.5, 0.6) is 0 Å². The molecule has 3 rings (SSSR count). The molecule has 21 heavy (non-hydrogen) atoms. The van der Waals surface area contributed by atoms with Crippen LogP contribution in [-0.2, 0) is 5.60 Å². The fraction of sp³-hybridized carbons (Fsp3) is 0.0625. The topological polar surface area (TPSA) is 58.9 Å². The first kappa shape index (κ1) is 13.7. The maximum absolute atomic E-state index is 11.4. The summed E-state index contributed by atoms with van der Waals surface area (Å²) in [5.74, 6) is 0. The van der Waals surface area contributed by atoms with Crippen molar-refractivity contribution in [2.75, 3.05) is 0 Å². The van der Waals surface area contributed by atoms with Crippen molar-refractivity contribution < 1.29 is 5.11 Å². The second-order valence-corrected chi connectivity index (χ2v) is 4.94. The number of pyridine rings is 1. The van der Waals surface area contributed by atoms with E-state index in [1.165, 1.54) is 6.33 Å². The minimum atomic E-state index is -1.50. The molecule has 0 aliphatic rings. The molecule has 0 amide bonds. The summed E-state index contributed by atoms with van der Waals surface area (Å²) in [6.45, 7) is 0. The summed E-state index contributed by atoms with van der Waals surface area (Å²) in [7, 11) is 0. The third kappa shape index (κ3) is 2.39. The molecular weight excluding hydrogens is 286 g/mol. The van der Waals surface area contributed by atoms with E-state index < -0.39 is 5.60 Å². The largest absolute Gasteiger partial charge is 0.374 e. The Hall–Kier alpha value is -2.30. The van der Waals surface area contributed by atoms with E-state index in [4.69, 9.17) is 11.6 Å². The Morgan fingerprint density at radius 1 is 0.952 bits per heavy atom. The second kappa shape index (κ2) is 5.60. The van der Waals surface area contributed by atoms with Crippen molar-refractivity contribution in [3.05, 3.63) is 89.2 Å². The molecule has 0 spiro atoms. The zero-order chi connectivity index (χ0) is 14.7. The maximum Gasteiger partial charge on any atom is 0.161 e. The van der Waals surface area contributed by atoms with Gasteiger partial charge in [0.15, 0.2) is 5.60 Å². The van der Waals surface area contributed by atoms with Crippen LogP contribution < -0.4 is 0 Å². The van der Waals surface area contributed by atoms with Crippen LogP contribution in [-0.4, -0.2) is 20.1 Å². The molecule has 5 heteroatoms. The Morgan fingerprint density at radius 2 is 1.67 bits per heavy atom. The predicted octanol–water partition coefficient (Wildman–Crippen LogP) is 2.81. The van der Waals surface area contributed by atoms with Gasteiger partial charge in [-0.15, -0.1) is 0 Å². The van der Waals surface area contributed by atoms with Crippen LogP contribution in [0.1, 0.15) is 16.8 Å². The van der Waals surface area contributed by atoms with Gasteiger partial charge in [0.1, 0.15) is 6.33 Å². The predicted molar refractivity (Wildman–Crippen MR) is 79.8 cm³/mol. The number of rotatable bonds is 3. The van der Waals surface area contributed by atoms with Gasteiger partial charge in [-0.3, -0.25) is 4.98 Å². The zero-order valence-electron chi connectivity index (χ0n) is 11.0. The summed E-state index contributed by atoms with van der Waals surface area (Å²) >= 11 is 6.28. The van der Waals surface area contributed by atoms with Crippen LogP contribution >= 0.6 is 11.6 Å². The summed E-state index contributed by atoms with van der Waals surface area (Å²) < 4.78 is 0. The van der Waals surface area contributed by atoms with Gasteiger partial charge in [-0.2, -0.15) is 0 Å². The fourth-order valence-electron chi connectivity index (χ4n) is 2.26. The van der Waals surface area contributed by atoms with Gasteiger partial charge in [-0.1, -0.05) is 35.9 Å². The van der Waals surface area contributed by atoms with Gasteiger partial charge in [0.25, 0.3) is 0 Å². The van der Waals surface area contributed by atoms with Crippen molar-refractivity contribution in [2.45, 2.75) is 5.60 Å². The van der Waals surface area contributed by atoms with Gasteiger partial charge in [0.2, 0.25) is 0 Å². The Labute approximate surface area is 127 Å². The number of aromatic nitrogens is 3. The van der Waals surface area contributed by atoms with E-state index in [9.17, 15) is 5.11 Å². The monoisotopic (exact) mass is 297 g/mol.